The first-order valence-corrected chi connectivity index (χ1v) is 12.6. The average molecular weight is 455 g/mol. The van der Waals surface area contributed by atoms with E-state index in [0.717, 1.165) is 53.8 Å². The molecule has 0 unspecified atom stereocenters. The number of nitrogens with one attached hydrogen (secondary N) is 1. The van der Waals surface area contributed by atoms with Crippen LogP contribution < -0.4 is 9.46 Å². The van der Waals surface area contributed by atoms with Gasteiger partial charge in [-0.05, 0) is 81.8 Å². The van der Waals surface area contributed by atoms with Gasteiger partial charge in [0.2, 0.25) is 10.0 Å². The van der Waals surface area contributed by atoms with Crippen LogP contribution in [-0.2, 0) is 29.4 Å². The van der Waals surface area contributed by atoms with E-state index < -0.39 is 10.0 Å². The number of hydrogen-bond donors (Lipinski definition) is 1. The Morgan fingerprint density at radius 1 is 1.09 bits per heavy atom. The van der Waals surface area contributed by atoms with Gasteiger partial charge < -0.3 is 4.74 Å². The molecule has 7 nitrogen and oxygen atoms in total. The highest BCUT2D eigenvalue weighted by atomic mass is 32.2. The van der Waals surface area contributed by atoms with Crippen LogP contribution in [0.4, 0.5) is 0 Å². The molecule has 1 aliphatic rings. The predicted octanol–water partition coefficient (Wildman–Crippen LogP) is 3.82. The molecule has 2 heterocycles. The second-order valence-corrected chi connectivity index (χ2v) is 9.92. The summed E-state index contributed by atoms with van der Waals surface area (Å²) in [6.45, 7) is 6.96. The third kappa shape index (κ3) is 4.56. The summed E-state index contributed by atoms with van der Waals surface area (Å²) in [6.07, 6.45) is 7.81. The first kappa shape index (κ1) is 22.5. The number of benzene rings is 1. The molecule has 4 rings (SSSR count). The fourth-order valence-corrected chi connectivity index (χ4v) is 5.59. The Morgan fingerprint density at radius 2 is 1.78 bits per heavy atom. The molecule has 1 aliphatic carbocycles. The zero-order valence-electron chi connectivity index (χ0n) is 18.9. The van der Waals surface area contributed by atoms with Crippen molar-refractivity contribution in [2.45, 2.75) is 57.9 Å². The molecule has 8 heteroatoms. The topological polar surface area (TPSA) is 86.1 Å². The minimum absolute atomic E-state index is 0.260. The van der Waals surface area contributed by atoms with Crippen LogP contribution in [0.15, 0.2) is 41.6 Å². The van der Waals surface area contributed by atoms with E-state index >= 15 is 0 Å². The predicted molar refractivity (Wildman–Crippen MR) is 124 cm³/mol. The number of fused-ring (bicyclic) bond motifs is 1. The Kier molecular flexibility index (Phi) is 6.62. The lowest BCUT2D eigenvalue weighted by Gasteiger charge is -2.15. The van der Waals surface area contributed by atoms with Crippen LogP contribution in [0, 0.1) is 13.8 Å². The molecule has 0 saturated carbocycles. The van der Waals surface area contributed by atoms with Crippen molar-refractivity contribution in [3.63, 3.8) is 0 Å². The zero-order chi connectivity index (χ0) is 22.7. The van der Waals surface area contributed by atoms with Crippen LogP contribution in [-0.4, -0.2) is 36.3 Å². The van der Waals surface area contributed by atoms with Crippen molar-refractivity contribution in [1.29, 1.82) is 0 Å². The van der Waals surface area contributed by atoms with Gasteiger partial charge >= 0.3 is 0 Å². The fourth-order valence-electron chi connectivity index (χ4n) is 4.40. The summed E-state index contributed by atoms with van der Waals surface area (Å²) in [7, 11) is -3.63. The fraction of sp³-hybridized carbons (Fsp3) is 0.417. The molecule has 0 bridgehead atoms. The number of hydrogen-bond acceptors (Lipinski definition) is 5. The van der Waals surface area contributed by atoms with Gasteiger partial charge in [-0.3, -0.25) is 9.67 Å². The highest BCUT2D eigenvalue weighted by Crippen LogP contribution is 2.31. The minimum atomic E-state index is -3.63. The summed E-state index contributed by atoms with van der Waals surface area (Å²) in [5.74, 6) is 0.748. The van der Waals surface area contributed by atoms with E-state index in [1.165, 1.54) is 11.3 Å². The van der Waals surface area contributed by atoms with Crippen LogP contribution in [0.2, 0.25) is 0 Å². The summed E-state index contributed by atoms with van der Waals surface area (Å²) >= 11 is 0. The van der Waals surface area contributed by atoms with E-state index in [1.54, 1.807) is 24.5 Å². The van der Waals surface area contributed by atoms with Gasteiger partial charge in [0.1, 0.15) is 5.75 Å². The Hall–Kier alpha value is -2.71. The molecule has 0 spiro atoms. The third-order valence-corrected chi connectivity index (χ3v) is 7.30. The molecule has 0 aliphatic heterocycles. The van der Waals surface area contributed by atoms with Gasteiger partial charge in [-0.25, -0.2) is 13.1 Å². The van der Waals surface area contributed by atoms with Crippen molar-refractivity contribution in [2.24, 2.45) is 0 Å². The second kappa shape index (κ2) is 9.42. The number of aromatic nitrogens is 3. The van der Waals surface area contributed by atoms with Gasteiger partial charge in [0.15, 0.2) is 0 Å². The first-order chi connectivity index (χ1) is 15.4. The average Bonchev–Trinajstić information content (AvgIpc) is 3.15. The van der Waals surface area contributed by atoms with Crippen molar-refractivity contribution >= 4 is 10.0 Å². The van der Waals surface area contributed by atoms with Crippen LogP contribution in [0.25, 0.3) is 11.3 Å². The normalized spacial score (nSPS) is 13.7. The smallest absolute Gasteiger partial charge is 0.240 e. The number of sulfonamides is 1. The third-order valence-electron chi connectivity index (χ3n) is 5.86. The maximum Gasteiger partial charge on any atom is 0.240 e. The van der Waals surface area contributed by atoms with Gasteiger partial charge in [-0.15, -0.1) is 0 Å². The van der Waals surface area contributed by atoms with Gasteiger partial charge in [0.05, 0.1) is 23.7 Å². The highest BCUT2D eigenvalue weighted by Gasteiger charge is 2.22. The Balaban J connectivity index is 1.52. The van der Waals surface area contributed by atoms with E-state index in [1.807, 2.05) is 37.6 Å². The van der Waals surface area contributed by atoms with Crippen LogP contribution >= 0.6 is 0 Å². The molecule has 0 radical (unpaired) electrons. The minimum Gasteiger partial charge on any atom is -0.493 e. The first-order valence-electron chi connectivity index (χ1n) is 11.1. The summed E-state index contributed by atoms with van der Waals surface area (Å²) in [5, 5.41) is 4.85. The van der Waals surface area contributed by atoms with Gasteiger partial charge in [-0.1, -0.05) is 0 Å². The Morgan fingerprint density at radius 3 is 2.47 bits per heavy atom. The van der Waals surface area contributed by atoms with Crippen molar-refractivity contribution in [1.82, 2.24) is 19.5 Å². The summed E-state index contributed by atoms with van der Waals surface area (Å²) < 4.78 is 36.2. The molecule has 0 fully saturated rings. The molecule has 2 aromatic heterocycles. The molecule has 0 atom stereocenters. The van der Waals surface area contributed by atoms with E-state index in [0.29, 0.717) is 13.2 Å². The molecule has 0 saturated heterocycles. The van der Waals surface area contributed by atoms with Crippen molar-refractivity contribution in [3.8, 4) is 17.0 Å². The molecular weight excluding hydrogens is 424 g/mol. The molecule has 1 N–H and O–H groups in total. The van der Waals surface area contributed by atoms with Crippen LogP contribution in [0.3, 0.4) is 0 Å². The van der Waals surface area contributed by atoms with Gasteiger partial charge in [0.25, 0.3) is 0 Å². The van der Waals surface area contributed by atoms with E-state index in [4.69, 9.17) is 9.84 Å². The van der Waals surface area contributed by atoms with Gasteiger partial charge in [0, 0.05) is 35.8 Å². The standard InChI is InChI=1S/C24H30N4O3S/c1-4-31-24-17(2)15-20(16-18(24)3)32(29,30)26-13-14-28-22-8-6-5-7-21(22)23(27-28)19-9-11-25-12-10-19/h9-12,15-16,26H,4-8,13-14H2,1-3H3. The quantitative estimate of drug-likeness (QED) is 0.559. The molecule has 1 aromatic carbocycles. The zero-order valence-corrected chi connectivity index (χ0v) is 19.7. The summed E-state index contributed by atoms with van der Waals surface area (Å²) in [6, 6.07) is 7.27. The maximum atomic E-state index is 12.9. The molecule has 3 aromatic rings. The molecule has 32 heavy (non-hydrogen) atoms. The Bertz CT molecular complexity index is 1180. The maximum absolute atomic E-state index is 12.9. The lowest BCUT2D eigenvalue weighted by molar-refractivity contribution is 0.335. The lowest BCUT2D eigenvalue weighted by atomic mass is 9.94. The number of ether oxygens (including phenoxy) is 1. The highest BCUT2D eigenvalue weighted by molar-refractivity contribution is 7.89. The molecule has 170 valence electrons. The van der Waals surface area contributed by atoms with Crippen LogP contribution in [0.5, 0.6) is 5.75 Å². The van der Waals surface area contributed by atoms with E-state index in [-0.39, 0.29) is 11.4 Å². The largest absolute Gasteiger partial charge is 0.493 e. The molecular formula is C24H30N4O3S. The van der Waals surface area contributed by atoms with Gasteiger partial charge in [-0.2, -0.15) is 5.10 Å². The molecule has 0 amide bonds. The summed E-state index contributed by atoms with van der Waals surface area (Å²) in [5.41, 5.74) is 6.17. The Labute approximate surface area is 189 Å². The number of aryl methyl sites for hydroxylation is 2. The number of pyridine rings is 1. The van der Waals surface area contributed by atoms with Crippen molar-refractivity contribution < 1.29 is 13.2 Å². The lowest BCUT2D eigenvalue weighted by Crippen LogP contribution is -2.28. The number of rotatable bonds is 8. The number of nitrogens with zero attached hydrogens (tertiary/aromatic N) is 3. The van der Waals surface area contributed by atoms with E-state index in [2.05, 4.69) is 9.71 Å². The summed E-state index contributed by atoms with van der Waals surface area (Å²) in [4.78, 5) is 4.36. The van der Waals surface area contributed by atoms with Crippen molar-refractivity contribution in [2.75, 3.05) is 13.2 Å². The monoisotopic (exact) mass is 454 g/mol. The van der Waals surface area contributed by atoms with Crippen molar-refractivity contribution in [3.05, 3.63) is 59.0 Å². The second-order valence-electron chi connectivity index (χ2n) is 8.16. The SMILES string of the molecule is CCOc1c(C)cc(S(=O)(=O)NCCn2nc(-c3ccncc3)c3c2CCCC3)cc1C. The van der Waals surface area contributed by atoms with E-state index in [9.17, 15) is 8.42 Å². The van der Waals surface area contributed by atoms with Crippen LogP contribution in [0.1, 0.15) is 42.1 Å².